The standard InChI is InChI=1S/C15H14N4O2/c1-2-16-13-8-17-10(7-18-13)9-19-14(20)11-5-3-4-6-12(11)15(19)21/h3-8H,2,9H2,1H3,(H,16,18). The van der Waals surface area contributed by atoms with Crippen molar-refractivity contribution < 1.29 is 9.59 Å². The van der Waals surface area contributed by atoms with E-state index in [1.165, 1.54) is 4.90 Å². The fourth-order valence-corrected chi connectivity index (χ4v) is 2.25. The number of aromatic nitrogens is 2. The van der Waals surface area contributed by atoms with E-state index in [-0.39, 0.29) is 18.4 Å². The number of anilines is 1. The summed E-state index contributed by atoms with van der Waals surface area (Å²) in [6, 6.07) is 6.82. The number of carbonyl (C=O) groups is 2. The van der Waals surface area contributed by atoms with Gasteiger partial charge in [-0.15, -0.1) is 0 Å². The largest absolute Gasteiger partial charge is 0.369 e. The van der Waals surface area contributed by atoms with Gasteiger partial charge < -0.3 is 5.32 Å². The summed E-state index contributed by atoms with van der Waals surface area (Å²) in [5.41, 5.74) is 1.46. The summed E-state index contributed by atoms with van der Waals surface area (Å²) >= 11 is 0. The summed E-state index contributed by atoms with van der Waals surface area (Å²) in [7, 11) is 0. The molecule has 0 aliphatic carbocycles. The molecule has 0 unspecified atom stereocenters. The van der Waals surface area contributed by atoms with Crippen molar-refractivity contribution in [2.24, 2.45) is 0 Å². The summed E-state index contributed by atoms with van der Waals surface area (Å²) in [6.45, 7) is 2.85. The van der Waals surface area contributed by atoms with Gasteiger partial charge in [0.25, 0.3) is 11.8 Å². The van der Waals surface area contributed by atoms with Gasteiger partial charge in [-0.2, -0.15) is 0 Å². The van der Waals surface area contributed by atoms with Crippen molar-refractivity contribution in [2.75, 3.05) is 11.9 Å². The molecule has 0 radical (unpaired) electrons. The van der Waals surface area contributed by atoms with Crippen LogP contribution < -0.4 is 5.32 Å². The van der Waals surface area contributed by atoms with Crippen molar-refractivity contribution in [2.45, 2.75) is 13.5 Å². The van der Waals surface area contributed by atoms with Crippen molar-refractivity contribution in [3.05, 3.63) is 53.5 Å². The molecule has 1 aromatic carbocycles. The second kappa shape index (κ2) is 5.32. The summed E-state index contributed by atoms with van der Waals surface area (Å²) in [4.78, 5) is 34.1. The van der Waals surface area contributed by atoms with E-state index >= 15 is 0 Å². The second-order valence-electron chi connectivity index (χ2n) is 4.67. The quantitative estimate of drug-likeness (QED) is 0.864. The molecule has 1 aliphatic rings. The highest BCUT2D eigenvalue weighted by molar-refractivity contribution is 6.21. The molecule has 106 valence electrons. The van der Waals surface area contributed by atoms with E-state index in [4.69, 9.17) is 0 Å². The fourth-order valence-electron chi connectivity index (χ4n) is 2.25. The average molecular weight is 282 g/mol. The summed E-state index contributed by atoms with van der Waals surface area (Å²) in [5.74, 6) is 0.102. The minimum atomic E-state index is -0.284. The smallest absolute Gasteiger partial charge is 0.261 e. The van der Waals surface area contributed by atoms with Crippen LogP contribution in [0.2, 0.25) is 0 Å². The van der Waals surface area contributed by atoms with Gasteiger partial charge in [0.05, 0.1) is 35.8 Å². The number of nitrogens with one attached hydrogen (secondary N) is 1. The number of rotatable bonds is 4. The average Bonchev–Trinajstić information content (AvgIpc) is 2.75. The van der Waals surface area contributed by atoms with Crippen LogP contribution in [0, 0.1) is 0 Å². The Morgan fingerprint density at radius 2 is 1.71 bits per heavy atom. The van der Waals surface area contributed by atoms with Crippen LogP contribution in [0.15, 0.2) is 36.7 Å². The van der Waals surface area contributed by atoms with Crippen molar-refractivity contribution in [1.82, 2.24) is 14.9 Å². The number of hydrogen-bond acceptors (Lipinski definition) is 5. The molecule has 6 heteroatoms. The second-order valence-corrected chi connectivity index (χ2v) is 4.67. The van der Waals surface area contributed by atoms with Crippen LogP contribution in [-0.4, -0.2) is 33.2 Å². The first kappa shape index (κ1) is 13.2. The normalized spacial score (nSPS) is 13.5. The predicted molar refractivity (Wildman–Crippen MR) is 76.8 cm³/mol. The molecular formula is C15H14N4O2. The lowest BCUT2D eigenvalue weighted by Crippen LogP contribution is -2.29. The first-order chi connectivity index (χ1) is 10.2. The van der Waals surface area contributed by atoms with Crippen LogP contribution in [0.3, 0.4) is 0 Å². The zero-order valence-electron chi connectivity index (χ0n) is 11.5. The molecule has 3 rings (SSSR count). The molecule has 0 atom stereocenters. The number of benzene rings is 1. The van der Waals surface area contributed by atoms with E-state index < -0.39 is 0 Å². The molecule has 21 heavy (non-hydrogen) atoms. The van der Waals surface area contributed by atoms with Crippen molar-refractivity contribution >= 4 is 17.6 Å². The van der Waals surface area contributed by atoms with Gasteiger partial charge in [0.2, 0.25) is 0 Å². The van der Waals surface area contributed by atoms with Crippen LogP contribution >= 0.6 is 0 Å². The number of imide groups is 1. The van der Waals surface area contributed by atoms with Gasteiger partial charge in [0, 0.05) is 6.54 Å². The number of fused-ring (bicyclic) bond motifs is 1. The molecule has 2 aromatic rings. The van der Waals surface area contributed by atoms with E-state index in [1.54, 1.807) is 36.7 Å². The van der Waals surface area contributed by atoms with Gasteiger partial charge in [0.15, 0.2) is 0 Å². The first-order valence-electron chi connectivity index (χ1n) is 6.70. The Labute approximate surface area is 121 Å². The topological polar surface area (TPSA) is 75.2 Å². The Hall–Kier alpha value is -2.76. The van der Waals surface area contributed by atoms with Crippen LogP contribution in [0.5, 0.6) is 0 Å². The minimum absolute atomic E-state index is 0.131. The van der Waals surface area contributed by atoms with E-state index in [0.717, 1.165) is 6.54 Å². The Kier molecular flexibility index (Phi) is 3.35. The Morgan fingerprint density at radius 1 is 1.05 bits per heavy atom. The monoisotopic (exact) mass is 282 g/mol. The molecule has 0 bridgehead atoms. The lowest BCUT2D eigenvalue weighted by Gasteiger charge is -2.13. The third-order valence-electron chi connectivity index (χ3n) is 3.26. The van der Waals surface area contributed by atoms with Gasteiger partial charge in [-0.3, -0.25) is 19.5 Å². The maximum atomic E-state index is 12.2. The lowest BCUT2D eigenvalue weighted by molar-refractivity contribution is 0.0640. The van der Waals surface area contributed by atoms with Crippen LogP contribution in [0.25, 0.3) is 0 Å². The Bertz CT molecular complexity index is 662. The predicted octanol–water partition coefficient (Wildman–Crippen LogP) is 1.70. The molecule has 1 aliphatic heterocycles. The third kappa shape index (κ3) is 2.35. The van der Waals surface area contributed by atoms with Gasteiger partial charge in [-0.25, -0.2) is 4.98 Å². The van der Waals surface area contributed by atoms with Crippen LogP contribution in [0.4, 0.5) is 5.82 Å². The van der Waals surface area contributed by atoms with Gasteiger partial charge in [-0.1, -0.05) is 12.1 Å². The molecule has 0 spiro atoms. The number of hydrogen-bond donors (Lipinski definition) is 1. The zero-order chi connectivity index (χ0) is 14.8. The Morgan fingerprint density at radius 3 is 2.24 bits per heavy atom. The van der Waals surface area contributed by atoms with Crippen molar-refractivity contribution in [3.8, 4) is 0 Å². The highest BCUT2D eigenvalue weighted by atomic mass is 16.2. The summed E-state index contributed by atoms with van der Waals surface area (Å²) < 4.78 is 0. The number of nitrogens with zero attached hydrogens (tertiary/aromatic N) is 3. The number of carbonyl (C=O) groups excluding carboxylic acids is 2. The molecule has 2 amide bonds. The van der Waals surface area contributed by atoms with E-state index in [0.29, 0.717) is 22.6 Å². The van der Waals surface area contributed by atoms with E-state index in [1.807, 2.05) is 6.92 Å². The molecule has 1 N–H and O–H groups in total. The highest BCUT2D eigenvalue weighted by Crippen LogP contribution is 2.23. The lowest BCUT2D eigenvalue weighted by atomic mass is 10.1. The van der Waals surface area contributed by atoms with Crippen molar-refractivity contribution in [1.29, 1.82) is 0 Å². The molecular weight excluding hydrogens is 268 g/mol. The molecule has 0 fully saturated rings. The Balaban J connectivity index is 1.80. The molecule has 1 aromatic heterocycles. The fraction of sp³-hybridized carbons (Fsp3) is 0.200. The highest BCUT2D eigenvalue weighted by Gasteiger charge is 2.35. The van der Waals surface area contributed by atoms with Gasteiger partial charge >= 0.3 is 0 Å². The maximum absolute atomic E-state index is 12.2. The molecule has 2 heterocycles. The molecule has 0 saturated heterocycles. The number of amides is 2. The van der Waals surface area contributed by atoms with Crippen LogP contribution in [-0.2, 0) is 6.54 Å². The van der Waals surface area contributed by atoms with Crippen LogP contribution in [0.1, 0.15) is 33.3 Å². The van der Waals surface area contributed by atoms with Crippen molar-refractivity contribution in [3.63, 3.8) is 0 Å². The van der Waals surface area contributed by atoms with E-state index in [2.05, 4.69) is 15.3 Å². The molecule has 6 nitrogen and oxygen atoms in total. The summed E-state index contributed by atoms with van der Waals surface area (Å²) in [5, 5.41) is 3.04. The minimum Gasteiger partial charge on any atom is -0.369 e. The van der Waals surface area contributed by atoms with E-state index in [9.17, 15) is 9.59 Å². The summed E-state index contributed by atoms with van der Waals surface area (Å²) in [6.07, 6.45) is 3.17. The molecule has 0 saturated carbocycles. The van der Waals surface area contributed by atoms with Gasteiger partial charge in [-0.05, 0) is 19.1 Å². The van der Waals surface area contributed by atoms with Gasteiger partial charge in [0.1, 0.15) is 5.82 Å². The maximum Gasteiger partial charge on any atom is 0.261 e. The first-order valence-corrected chi connectivity index (χ1v) is 6.70. The zero-order valence-corrected chi connectivity index (χ0v) is 11.5. The third-order valence-corrected chi connectivity index (χ3v) is 3.26. The SMILES string of the molecule is CCNc1cnc(CN2C(=O)c3ccccc3C2=O)cn1.